The van der Waals surface area contributed by atoms with Gasteiger partial charge in [0.15, 0.2) is 5.75 Å². The lowest BCUT2D eigenvalue weighted by Gasteiger charge is -2.17. The van der Waals surface area contributed by atoms with Crippen LogP contribution >= 0.6 is 0 Å². The van der Waals surface area contributed by atoms with Crippen LogP contribution in [0.2, 0.25) is 0 Å². The van der Waals surface area contributed by atoms with Gasteiger partial charge in [0.05, 0.1) is 5.69 Å². The molecular weight excluding hydrogens is 266 g/mol. The van der Waals surface area contributed by atoms with Crippen LogP contribution in [-0.2, 0) is 4.79 Å². The number of nitrogens with zero attached hydrogens (tertiary/aromatic N) is 1. The molecule has 0 saturated heterocycles. The highest BCUT2D eigenvalue weighted by Crippen LogP contribution is 2.27. The number of carboxylic acids is 1. The summed E-state index contributed by atoms with van der Waals surface area (Å²) in [5.41, 5.74) is -0.365. The third kappa shape index (κ3) is 3.61. The second-order valence-corrected chi connectivity index (χ2v) is 3.97. The second kappa shape index (κ2) is 6.41. The number of aromatic carboxylic acids is 1. The molecule has 0 spiro atoms. The number of aromatic hydroxyl groups is 1. The molecule has 0 aliphatic rings. The predicted octanol–water partition coefficient (Wildman–Crippen LogP) is 0.300. The number of rotatable bonds is 4. The normalized spacial score (nSPS) is 9.70. The smallest absolute Gasteiger partial charge is 0.339 e. The van der Waals surface area contributed by atoms with Crippen LogP contribution in [0.25, 0.3) is 0 Å². The molecule has 8 nitrogen and oxygen atoms in total. The van der Waals surface area contributed by atoms with Gasteiger partial charge in [0.1, 0.15) is 12.1 Å². The van der Waals surface area contributed by atoms with E-state index in [-0.39, 0.29) is 23.7 Å². The van der Waals surface area contributed by atoms with Crippen molar-refractivity contribution in [1.29, 1.82) is 0 Å². The summed E-state index contributed by atoms with van der Waals surface area (Å²) in [5, 5.41) is 23.3. The molecule has 0 atom stereocenters. The maximum absolute atomic E-state index is 11.8. The zero-order chi connectivity index (χ0) is 15.3. The number of urea groups is 1. The quantitative estimate of drug-likeness (QED) is 0.592. The third-order valence-corrected chi connectivity index (χ3v) is 2.51. The van der Waals surface area contributed by atoms with E-state index in [9.17, 15) is 19.5 Å². The van der Waals surface area contributed by atoms with Crippen LogP contribution in [0.15, 0.2) is 18.2 Å². The summed E-state index contributed by atoms with van der Waals surface area (Å²) in [6.07, 6.45) is 0. The summed E-state index contributed by atoms with van der Waals surface area (Å²) in [7, 11) is 2.83. The first-order valence-corrected chi connectivity index (χ1v) is 5.64. The number of carbonyl (C=O) groups is 3. The average Bonchev–Trinajstić information content (AvgIpc) is 2.40. The Morgan fingerprint density at radius 2 is 1.95 bits per heavy atom. The van der Waals surface area contributed by atoms with Crippen molar-refractivity contribution in [2.75, 3.05) is 26.0 Å². The van der Waals surface area contributed by atoms with Crippen LogP contribution in [-0.4, -0.2) is 53.7 Å². The van der Waals surface area contributed by atoms with Crippen molar-refractivity contribution in [3.63, 3.8) is 0 Å². The van der Waals surface area contributed by atoms with E-state index in [1.165, 1.54) is 32.3 Å². The van der Waals surface area contributed by atoms with E-state index < -0.39 is 17.7 Å². The van der Waals surface area contributed by atoms with Gasteiger partial charge in [0, 0.05) is 14.1 Å². The lowest BCUT2D eigenvalue weighted by Crippen LogP contribution is -2.39. The number of carbonyl (C=O) groups excluding carboxylic acids is 2. The first-order chi connectivity index (χ1) is 9.36. The number of carboxylic acid groups (broad SMARTS) is 1. The summed E-state index contributed by atoms with van der Waals surface area (Å²) in [5.74, 6) is -2.20. The van der Waals surface area contributed by atoms with Crippen LogP contribution in [0.4, 0.5) is 10.5 Å². The van der Waals surface area contributed by atoms with Gasteiger partial charge >= 0.3 is 12.0 Å². The van der Waals surface area contributed by atoms with Gasteiger partial charge in [-0.2, -0.15) is 0 Å². The van der Waals surface area contributed by atoms with E-state index in [2.05, 4.69) is 10.6 Å². The van der Waals surface area contributed by atoms with Crippen LogP contribution in [0.1, 0.15) is 10.4 Å². The molecule has 8 heteroatoms. The molecule has 4 N–H and O–H groups in total. The lowest BCUT2D eigenvalue weighted by atomic mass is 10.1. The molecule has 20 heavy (non-hydrogen) atoms. The number of hydrogen-bond acceptors (Lipinski definition) is 4. The Labute approximate surface area is 115 Å². The number of nitrogens with one attached hydrogen (secondary N) is 2. The summed E-state index contributed by atoms with van der Waals surface area (Å²) in [6.45, 7) is -0.165. The zero-order valence-electron chi connectivity index (χ0n) is 11.0. The molecule has 0 unspecified atom stereocenters. The Hall–Kier alpha value is -2.77. The van der Waals surface area contributed by atoms with Gasteiger partial charge in [0.25, 0.3) is 0 Å². The Bertz CT molecular complexity index is 544. The van der Waals surface area contributed by atoms with Crippen LogP contribution in [0.5, 0.6) is 5.75 Å². The van der Waals surface area contributed by atoms with E-state index in [1.807, 2.05) is 0 Å². The highest BCUT2D eigenvalue weighted by Gasteiger charge is 2.17. The van der Waals surface area contributed by atoms with Gasteiger partial charge in [-0.05, 0) is 12.1 Å². The minimum absolute atomic E-state index is 0.0429. The molecule has 0 fully saturated rings. The minimum Gasteiger partial charge on any atom is -0.505 e. The summed E-state index contributed by atoms with van der Waals surface area (Å²) < 4.78 is 0. The van der Waals surface area contributed by atoms with Crippen molar-refractivity contribution < 1.29 is 24.6 Å². The monoisotopic (exact) mass is 281 g/mol. The molecule has 0 aliphatic heterocycles. The van der Waals surface area contributed by atoms with Gasteiger partial charge in [-0.1, -0.05) is 6.07 Å². The fourth-order valence-electron chi connectivity index (χ4n) is 1.39. The van der Waals surface area contributed by atoms with Crippen LogP contribution in [0, 0.1) is 0 Å². The number of benzene rings is 1. The Balaban J connectivity index is 2.83. The highest BCUT2D eigenvalue weighted by atomic mass is 16.4. The fourth-order valence-corrected chi connectivity index (χ4v) is 1.39. The summed E-state index contributed by atoms with van der Waals surface area (Å²) >= 11 is 0. The third-order valence-electron chi connectivity index (χ3n) is 2.51. The van der Waals surface area contributed by atoms with Crippen molar-refractivity contribution in [1.82, 2.24) is 10.2 Å². The molecule has 3 amide bonds. The topological polar surface area (TPSA) is 119 Å². The molecule has 1 aromatic rings. The maximum atomic E-state index is 11.8. The number of hydrogen-bond donors (Lipinski definition) is 4. The lowest BCUT2D eigenvalue weighted by molar-refractivity contribution is -0.120. The highest BCUT2D eigenvalue weighted by molar-refractivity contribution is 5.98. The number of para-hydroxylation sites is 1. The Morgan fingerprint density at radius 1 is 1.30 bits per heavy atom. The molecule has 0 aliphatic carbocycles. The van der Waals surface area contributed by atoms with E-state index >= 15 is 0 Å². The first-order valence-electron chi connectivity index (χ1n) is 5.64. The van der Waals surface area contributed by atoms with E-state index in [1.54, 1.807) is 0 Å². The van der Waals surface area contributed by atoms with Crippen molar-refractivity contribution in [2.45, 2.75) is 0 Å². The number of likely N-dealkylation sites (N-methyl/N-ethyl adjacent to an activating group) is 2. The van der Waals surface area contributed by atoms with Gasteiger partial charge in [-0.3, -0.25) is 4.79 Å². The molecule has 1 rings (SSSR count). The zero-order valence-corrected chi connectivity index (χ0v) is 11.0. The van der Waals surface area contributed by atoms with E-state index in [0.29, 0.717) is 0 Å². The standard InChI is InChI=1S/C12H15N3O5/c1-13-9(16)6-15(2)12(20)14-8-5-3-4-7(10(8)17)11(18)19/h3-5,17H,6H2,1-2H3,(H,13,16)(H,14,20)(H,18,19). The largest absolute Gasteiger partial charge is 0.505 e. The van der Waals surface area contributed by atoms with Crippen molar-refractivity contribution in [2.24, 2.45) is 0 Å². The number of phenols is 1. The predicted molar refractivity (Wildman–Crippen MR) is 70.8 cm³/mol. The van der Waals surface area contributed by atoms with E-state index in [0.717, 1.165) is 4.90 Å². The molecule has 0 bridgehead atoms. The molecule has 0 heterocycles. The van der Waals surface area contributed by atoms with Crippen molar-refractivity contribution >= 4 is 23.6 Å². The van der Waals surface area contributed by atoms with Crippen LogP contribution in [0.3, 0.4) is 0 Å². The fraction of sp³-hybridized carbons (Fsp3) is 0.250. The Morgan fingerprint density at radius 3 is 2.50 bits per heavy atom. The minimum atomic E-state index is -1.31. The molecule has 0 saturated carbocycles. The molecule has 1 aromatic carbocycles. The van der Waals surface area contributed by atoms with Gasteiger partial charge in [-0.15, -0.1) is 0 Å². The maximum Gasteiger partial charge on any atom is 0.339 e. The average molecular weight is 281 g/mol. The van der Waals surface area contributed by atoms with E-state index in [4.69, 9.17) is 5.11 Å². The Kier molecular flexibility index (Phi) is 4.90. The van der Waals surface area contributed by atoms with Gasteiger partial charge in [-0.25, -0.2) is 9.59 Å². The molecule has 108 valence electrons. The molecule has 0 radical (unpaired) electrons. The van der Waals surface area contributed by atoms with Crippen molar-refractivity contribution in [3.05, 3.63) is 23.8 Å². The number of amides is 3. The SMILES string of the molecule is CNC(=O)CN(C)C(=O)Nc1cccc(C(=O)O)c1O. The summed E-state index contributed by atoms with van der Waals surface area (Å²) in [6, 6.07) is 3.30. The van der Waals surface area contributed by atoms with Gasteiger partial charge in [0.2, 0.25) is 5.91 Å². The molecular formula is C12H15N3O5. The molecule has 0 aromatic heterocycles. The number of anilines is 1. The summed E-state index contributed by atoms with van der Waals surface area (Å²) in [4.78, 5) is 34.8. The first kappa shape index (κ1) is 15.3. The van der Waals surface area contributed by atoms with Crippen LogP contribution < -0.4 is 10.6 Å². The van der Waals surface area contributed by atoms with Crippen molar-refractivity contribution in [3.8, 4) is 5.75 Å². The van der Waals surface area contributed by atoms with Gasteiger partial charge < -0.3 is 25.7 Å². The second-order valence-electron chi connectivity index (χ2n) is 3.97.